The lowest BCUT2D eigenvalue weighted by molar-refractivity contribution is -0.137. The highest BCUT2D eigenvalue weighted by molar-refractivity contribution is 5.75. The Labute approximate surface area is 130 Å². The van der Waals surface area contributed by atoms with E-state index in [1.807, 2.05) is 30.3 Å². The lowest BCUT2D eigenvalue weighted by Crippen LogP contribution is -2.21. The number of alkyl halides is 3. The van der Waals surface area contributed by atoms with Crippen LogP contribution in [0.15, 0.2) is 54.6 Å². The van der Waals surface area contributed by atoms with Gasteiger partial charge in [-0.2, -0.15) is 13.2 Å². The van der Waals surface area contributed by atoms with Gasteiger partial charge in [0.25, 0.3) is 0 Å². The molecule has 0 aliphatic carbocycles. The molecule has 2 aromatic rings. The summed E-state index contributed by atoms with van der Waals surface area (Å²) in [6.07, 6.45) is -4.28. The summed E-state index contributed by atoms with van der Waals surface area (Å²) >= 11 is 0. The highest BCUT2D eigenvalue weighted by atomic mass is 19.4. The maximum Gasteiger partial charge on any atom is 0.416 e. The van der Waals surface area contributed by atoms with Gasteiger partial charge in [-0.15, -0.1) is 0 Å². The molecule has 2 aromatic carbocycles. The molecular weight excluding hydrogens is 288 g/mol. The van der Waals surface area contributed by atoms with Crippen molar-refractivity contribution < 1.29 is 13.2 Å². The summed E-state index contributed by atoms with van der Waals surface area (Å²) in [6, 6.07) is 15.1. The van der Waals surface area contributed by atoms with Crippen molar-refractivity contribution in [2.75, 3.05) is 18.4 Å². The second-order valence-corrected chi connectivity index (χ2v) is 4.66. The molecule has 22 heavy (non-hydrogen) atoms. The van der Waals surface area contributed by atoms with Crippen molar-refractivity contribution in [1.29, 1.82) is 0 Å². The van der Waals surface area contributed by atoms with Crippen LogP contribution < -0.4 is 10.6 Å². The molecule has 0 saturated carbocycles. The summed E-state index contributed by atoms with van der Waals surface area (Å²) in [4.78, 5) is 0. The summed E-state index contributed by atoms with van der Waals surface area (Å²) in [6.45, 7) is 2.16. The Kier molecular flexibility index (Phi) is 6.98. The number of nitrogens with one attached hydrogen (secondary N) is 2. The third-order valence-corrected chi connectivity index (χ3v) is 3.02. The molecule has 2 rings (SSSR count). The highest BCUT2D eigenvalue weighted by Gasteiger charge is 2.29. The van der Waals surface area contributed by atoms with Crippen molar-refractivity contribution in [3.63, 3.8) is 0 Å². The number of halogens is 3. The van der Waals surface area contributed by atoms with E-state index in [9.17, 15) is 13.2 Å². The predicted molar refractivity (Wildman–Crippen MR) is 83.8 cm³/mol. The molecule has 0 saturated heterocycles. The molecule has 0 unspecified atom stereocenters. The Morgan fingerprint density at radius 3 is 2.05 bits per heavy atom. The van der Waals surface area contributed by atoms with Crippen LogP contribution in [0.3, 0.4) is 0 Å². The van der Waals surface area contributed by atoms with Gasteiger partial charge in [0, 0.05) is 33.7 Å². The predicted octanol–water partition coefficient (Wildman–Crippen LogP) is 3.53. The zero-order chi connectivity index (χ0) is 15.1. The van der Waals surface area contributed by atoms with Gasteiger partial charge in [0.1, 0.15) is 0 Å². The van der Waals surface area contributed by atoms with Gasteiger partial charge in [-0.25, -0.2) is 0 Å². The van der Waals surface area contributed by atoms with E-state index >= 15 is 0 Å². The first-order valence-corrected chi connectivity index (χ1v) is 6.71. The molecule has 6 heteroatoms. The molecule has 2 nitrogen and oxygen atoms in total. The zero-order valence-electron chi connectivity index (χ0n) is 12.0. The van der Waals surface area contributed by atoms with Crippen molar-refractivity contribution in [2.45, 2.75) is 12.7 Å². The van der Waals surface area contributed by atoms with Crippen molar-refractivity contribution >= 4 is 14.1 Å². The van der Waals surface area contributed by atoms with Gasteiger partial charge in [0.15, 0.2) is 0 Å². The molecule has 2 N–H and O–H groups in total. The van der Waals surface area contributed by atoms with Crippen LogP contribution in [-0.2, 0) is 12.7 Å². The molecule has 0 bridgehead atoms. The smallest absolute Gasteiger partial charge is 0.384 e. The van der Waals surface area contributed by atoms with E-state index < -0.39 is 11.7 Å². The third kappa shape index (κ3) is 5.81. The van der Waals surface area contributed by atoms with Crippen LogP contribution in [0.2, 0.25) is 0 Å². The summed E-state index contributed by atoms with van der Waals surface area (Å²) < 4.78 is 37.2. The minimum Gasteiger partial charge on any atom is -0.384 e. The van der Waals surface area contributed by atoms with Crippen LogP contribution in [0.1, 0.15) is 11.1 Å². The van der Waals surface area contributed by atoms with E-state index in [4.69, 9.17) is 0 Å². The van der Waals surface area contributed by atoms with E-state index in [0.717, 1.165) is 25.2 Å². The van der Waals surface area contributed by atoms with Crippen LogP contribution >= 0.6 is 0 Å². The Morgan fingerprint density at radius 2 is 1.45 bits per heavy atom. The Bertz CT molecular complexity index is 542. The average Bonchev–Trinajstić information content (AvgIpc) is 2.47. The van der Waals surface area contributed by atoms with E-state index in [1.165, 1.54) is 17.7 Å². The highest BCUT2D eigenvalue weighted by Crippen LogP contribution is 2.29. The molecule has 115 valence electrons. The summed E-state index contributed by atoms with van der Waals surface area (Å²) in [5, 5.41) is 6.34. The molecular formula is C16H17BF3N2. The summed E-state index contributed by atoms with van der Waals surface area (Å²) in [5.74, 6) is 0. The zero-order valence-corrected chi connectivity index (χ0v) is 12.0. The maximum atomic E-state index is 12.4. The van der Waals surface area contributed by atoms with Gasteiger partial charge in [-0.3, -0.25) is 0 Å². The van der Waals surface area contributed by atoms with Gasteiger partial charge in [-0.1, -0.05) is 30.3 Å². The minimum atomic E-state index is -4.28. The number of anilines is 1. The number of hydrogen-bond acceptors (Lipinski definition) is 2. The quantitative estimate of drug-likeness (QED) is 0.630. The standard InChI is InChI=1S/C16H17F3N2.B/c17-16(18,19)14-6-8-15(9-7-14)21-11-10-20-12-13-4-2-1-3-5-13;/h1-9,20-21H,10-12H2;. The van der Waals surface area contributed by atoms with Crippen molar-refractivity contribution in [1.82, 2.24) is 5.32 Å². The first-order chi connectivity index (χ1) is 10.1. The molecule has 0 spiro atoms. The SMILES string of the molecule is FC(F)(F)c1ccc(NCCNCc2ccccc2)cc1.[B]. The van der Waals surface area contributed by atoms with Crippen LogP contribution in [0.25, 0.3) is 0 Å². The maximum absolute atomic E-state index is 12.4. The number of benzene rings is 2. The van der Waals surface area contributed by atoms with Gasteiger partial charge in [0.2, 0.25) is 0 Å². The fourth-order valence-corrected chi connectivity index (χ4v) is 1.90. The van der Waals surface area contributed by atoms with Gasteiger partial charge < -0.3 is 10.6 Å². The van der Waals surface area contributed by atoms with E-state index in [0.29, 0.717) is 12.2 Å². The fourth-order valence-electron chi connectivity index (χ4n) is 1.90. The van der Waals surface area contributed by atoms with Crippen molar-refractivity contribution in [2.24, 2.45) is 0 Å². The molecule has 0 aliphatic rings. The normalized spacial score (nSPS) is 10.9. The van der Waals surface area contributed by atoms with Gasteiger partial charge in [0.05, 0.1) is 5.56 Å². The Balaban J connectivity index is 0.00000242. The molecule has 0 heterocycles. The topological polar surface area (TPSA) is 24.1 Å². The molecule has 0 aliphatic heterocycles. The summed E-state index contributed by atoms with van der Waals surface area (Å²) in [7, 11) is 0. The Hall–Kier alpha value is -1.95. The lowest BCUT2D eigenvalue weighted by Gasteiger charge is -2.10. The van der Waals surface area contributed by atoms with Gasteiger partial charge >= 0.3 is 6.18 Å². The third-order valence-electron chi connectivity index (χ3n) is 3.02. The number of hydrogen-bond donors (Lipinski definition) is 2. The monoisotopic (exact) mass is 305 g/mol. The molecule has 0 atom stereocenters. The number of rotatable bonds is 6. The van der Waals surface area contributed by atoms with E-state index in [-0.39, 0.29) is 8.41 Å². The van der Waals surface area contributed by atoms with E-state index in [1.54, 1.807) is 0 Å². The fraction of sp³-hybridized carbons (Fsp3) is 0.250. The van der Waals surface area contributed by atoms with E-state index in [2.05, 4.69) is 10.6 Å². The van der Waals surface area contributed by atoms with Crippen LogP contribution in [0, 0.1) is 0 Å². The first kappa shape index (κ1) is 18.1. The van der Waals surface area contributed by atoms with Crippen molar-refractivity contribution in [3.8, 4) is 0 Å². The van der Waals surface area contributed by atoms with Crippen molar-refractivity contribution in [3.05, 3.63) is 65.7 Å². The second kappa shape index (κ2) is 8.49. The van der Waals surface area contributed by atoms with Crippen LogP contribution in [0.4, 0.5) is 18.9 Å². The molecule has 3 radical (unpaired) electrons. The molecule has 0 amide bonds. The summed E-state index contributed by atoms with van der Waals surface area (Å²) in [5.41, 5.74) is 1.26. The van der Waals surface area contributed by atoms with Crippen LogP contribution in [0.5, 0.6) is 0 Å². The molecule has 0 aromatic heterocycles. The average molecular weight is 305 g/mol. The largest absolute Gasteiger partial charge is 0.416 e. The Morgan fingerprint density at radius 1 is 0.818 bits per heavy atom. The minimum absolute atomic E-state index is 0. The van der Waals surface area contributed by atoms with Gasteiger partial charge in [-0.05, 0) is 29.8 Å². The molecule has 0 fully saturated rings. The second-order valence-electron chi connectivity index (χ2n) is 4.66. The first-order valence-electron chi connectivity index (χ1n) is 6.71. The lowest BCUT2D eigenvalue weighted by atomic mass is 10.2. The van der Waals surface area contributed by atoms with Crippen LogP contribution in [-0.4, -0.2) is 21.5 Å².